The van der Waals surface area contributed by atoms with Crippen molar-refractivity contribution in [3.63, 3.8) is 0 Å². The fraction of sp³-hybridized carbons (Fsp3) is 0.917. The Morgan fingerprint density at radius 3 is 2.56 bits per heavy atom. The molecule has 1 rings (SSSR count). The minimum Gasteiger partial charge on any atom is -0.444 e. The molecule has 0 bridgehead atoms. The van der Waals surface area contributed by atoms with Gasteiger partial charge in [0, 0.05) is 6.04 Å². The van der Waals surface area contributed by atoms with Gasteiger partial charge in [-0.3, -0.25) is 0 Å². The summed E-state index contributed by atoms with van der Waals surface area (Å²) in [7, 11) is 0. The van der Waals surface area contributed by atoms with Crippen molar-refractivity contribution in [1.29, 1.82) is 0 Å². The molecule has 94 valence electrons. The maximum Gasteiger partial charge on any atom is 0.407 e. The zero-order chi connectivity index (χ0) is 12.2. The molecule has 0 aromatic heterocycles. The molecule has 2 atom stereocenters. The van der Waals surface area contributed by atoms with Crippen molar-refractivity contribution in [2.45, 2.75) is 70.6 Å². The van der Waals surface area contributed by atoms with Crippen LogP contribution in [0.5, 0.6) is 0 Å². The highest BCUT2D eigenvalue weighted by Crippen LogP contribution is 2.18. The SMILES string of the molecule is CC(C)(C)OC(=O)NC1CCCC(O)CC1. The number of nitrogens with one attached hydrogen (secondary N) is 1. The first kappa shape index (κ1) is 13.3. The first-order chi connectivity index (χ1) is 7.37. The topological polar surface area (TPSA) is 58.6 Å². The molecule has 0 heterocycles. The molecule has 1 amide bonds. The zero-order valence-electron chi connectivity index (χ0n) is 10.5. The van der Waals surface area contributed by atoms with Gasteiger partial charge in [0.15, 0.2) is 0 Å². The number of ether oxygens (including phenoxy) is 1. The summed E-state index contributed by atoms with van der Waals surface area (Å²) in [5.41, 5.74) is -0.450. The summed E-state index contributed by atoms with van der Waals surface area (Å²) < 4.78 is 5.20. The fourth-order valence-electron chi connectivity index (χ4n) is 1.90. The maximum atomic E-state index is 11.5. The summed E-state index contributed by atoms with van der Waals surface area (Å²) >= 11 is 0. The van der Waals surface area contributed by atoms with Crippen LogP contribution in [-0.4, -0.2) is 28.9 Å². The molecule has 4 heteroatoms. The van der Waals surface area contributed by atoms with E-state index in [1.165, 1.54) is 0 Å². The number of rotatable bonds is 1. The third-order valence-corrected chi connectivity index (χ3v) is 2.66. The zero-order valence-corrected chi connectivity index (χ0v) is 10.5. The van der Waals surface area contributed by atoms with Crippen LogP contribution >= 0.6 is 0 Å². The van der Waals surface area contributed by atoms with Gasteiger partial charge in [-0.2, -0.15) is 0 Å². The lowest BCUT2D eigenvalue weighted by Crippen LogP contribution is -2.38. The lowest BCUT2D eigenvalue weighted by atomic mass is 10.1. The van der Waals surface area contributed by atoms with E-state index in [4.69, 9.17) is 4.74 Å². The van der Waals surface area contributed by atoms with E-state index in [2.05, 4.69) is 5.32 Å². The predicted octanol–water partition coefficient (Wildman–Crippen LogP) is 2.20. The van der Waals surface area contributed by atoms with E-state index in [0.29, 0.717) is 0 Å². The molecule has 0 saturated heterocycles. The Morgan fingerprint density at radius 1 is 1.25 bits per heavy atom. The summed E-state index contributed by atoms with van der Waals surface area (Å²) in [5, 5.41) is 12.3. The van der Waals surface area contributed by atoms with Gasteiger partial charge in [-0.05, 0) is 52.9 Å². The largest absolute Gasteiger partial charge is 0.444 e. The van der Waals surface area contributed by atoms with Crippen LogP contribution < -0.4 is 5.32 Å². The first-order valence-electron chi connectivity index (χ1n) is 6.04. The van der Waals surface area contributed by atoms with E-state index in [1.807, 2.05) is 20.8 Å². The van der Waals surface area contributed by atoms with Gasteiger partial charge < -0.3 is 15.2 Å². The number of hydrogen-bond donors (Lipinski definition) is 2. The average molecular weight is 229 g/mol. The molecular formula is C12H23NO3. The van der Waals surface area contributed by atoms with Gasteiger partial charge in [0.2, 0.25) is 0 Å². The van der Waals surface area contributed by atoms with Crippen LogP contribution in [0.15, 0.2) is 0 Å². The van der Waals surface area contributed by atoms with Gasteiger partial charge in [0.1, 0.15) is 5.60 Å². The second-order valence-electron chi connectivity index (χ2n) is 5.51. The standard InChI is InChI=1S/C12H23NO3/c1-12(2,3)16-11(15)13-9-5-4-6-10(14)8-7-9/h9-10,14H,4-8H2,1-3H3,(H,13,15). The second kappa shape index (κ2) is 5.53. The number of amides is 1. The number of carbonyl (C=O) groups excluding carboxylic acids is 1. The highest BCUT2D eigenvalue weighted by molar-refractivity contribution is 5.68. The Morgan fingerprint density at radius 2 is 1.94 bits per heavy atom. The van der Waals surface area contributed by atoms with Crippen molar-refractivity contribution in [2.75, 3.05) is 0 Å². The molecule has 0 radical (unpaired) electrons. The van der Waals surface area contributed by atoms with Crippen molar-refractivity contribution >= 4 is 6.09 Å². The summed E-state index contributed by atoms with van der Waals surface area (Å²) in [4.78, 5) is 11.5. The first-order valence-corrected chi connectivity index (χ1v) is 6.04. The normalized spacial score (nSPS) is 27.0. The third-order valence-electron chi connectivity index (χ3n) is 2.66. The van der Waals surface area contributed by atoms with E-state index in [1.54, 1.807) is 0 Å². The summed E-state index contributed by atoms with van der Waals surface area (Å²) in [6.45, 7) is 5.55. The number of aliphatic hydroxyl groups is 1. The van der Waals surface area contributed by atoms with Crippen LogP contribution in [0, 0.1) is 0 Å². The van der Waals surface area contributed by atoms with Crippen molar-refractivity contribution in [1.82, 2.24) is 5.32 Å². The molecule has 1 saturated carbocycles. The minimum absolute atomic E-state index is 0.145. The third kappa shape index (κ3) is 5.35. The Kier molecular flexibility index (Phi) is 4.59. The predicted molar refractivity (Wildman–Crippen MR) is 62.2 cm³/mol. The molecule has 16 heavy (non-hydrogen) atoms. The number of alkyl carbamates (subject to hydrolysis) is 1. The van der Waals surface area contributed by atoms with Gasteiger partial charge in [-0.15, -0.1) is 0 Å². The number of hydrogen-bond acceptors (Lipinski definition) is 3. The summed E-state index contributed by atoms with van der Waals surface area (Å²) in [6, 6.07) is 0.145. The molecule has 4 nitrogen and oxygen atoms in total. The molecule has 0 aromatic carbocycles. The van der Waals surface area contributed by atoms with Gasteiger partial charge in [-0.1, -0.05) is 0 Å². The van der Waals surface area contributed by atoms with Crippen LogP contribution in [-0.2, 0) is 4.74 Å². The van der Waals surface area contributed by atoms with Crippen molar-refractivity contribution in [3.8, 4) is 0 Å². The molecule has 0 aromatic rings. The van der Waals surface area contributed by atoms with Crippen molar-refractivity contribution < 1.29 is 14.6 Å². The molecule has 1 aliphatic carbocycles. The number of aliphatic hydroxyl groups excluding tert-OH is 1. The van der Waals surface area contributed by atoms with Gasteiger partial charge in [-0.25, -0.2) is 4.79 Å². The molecule has 0 spiro atoms. The van der Waals surface area contributed by atoms with Crippen molar-refractivity contribution in [3.05, 3.63) is 0 Å². The summed E-state index contributed by atoms with van der Waals surface area (Å²) in [5.74, 6) is 0. The molecule has 1 aliphatic rings. The van der Waals surface area contributed by atoms with Crippen LogP contribution in [0.25, 0.3) is 0 Å². The average Bonchev–Trinajstić information content (AvgIpc) is 2.27. The molecule has 2 unspecified atom stereocenters. The van der Waals surface area contributed by atoms with Crippen LogP contribution in [0.1, 0.15) is 52.9 Å². The monoisotopic (exact) mass is 229 g/mol. The minimum atomic E-state index is -0.450. The van der Waals surface area contributed by atoms with E-state index >= 15 is 0 Å². The molecule has 0 aliphatic heterocycles. The lowest BCUT2D eigenvalue weighted by molar-refractivity contribution is 0.0498. The Balaban J connectivity index is 2.33. The molecule has 1 fully saturated rings. The quantitative estimate of drug-likeness (QED) is 0.678. The van der Waals surface area contributed by atoms with E-state index in [9.17, 15) is 9.90 Å². The van der Waals surface area contributed by atoms with Gasteiger partial charge >= 0.3 is 6.09 Å². The van der Waals surface area contributed by atoms with Crippen LogP contribution in [0.2, 0.25) is 0 Å². The van der Waals surface area contributed by atoms with Crippen LogP contribution in [0.4, 0.5) is 4.79 Å². The number of carbonyl (C=O) groups is 1. The van der Waals surface area contributed by atoms with E-state index in [0.717, 1.165) is 32.1 Å². The van der Waals surface area contributed by atoms with Crippen molar-refractivity contribution in [2.24, 2.45) is 0 Å². The lowest BCUT2D eigenvalue weighted by Gasteiger charge is -2.22. The fourth-order valence-corrected chi connectivity index (χ4v) is 1.90. The van der Waals surface area contributed by atoms with E-state index < -0.39 is 5.60 Å². The summed E-state index contributed by atoms with van der Waals surface area (Å²) in [6.07, 6.45) is 3.77. The van der Waals surface area contributed by atoms with Crippen LogP contribution in [0.3, 0.4) is 0 Å². The highest BCUT2D eigenvalue weighted by Gasteiger charge is 2.22. The highest BCUT2D eigenvalue weighted by atomic mass is 16.6. The Labute approximate surface area is 97.4 Å². The van der Waals surface area contributed by atoms with Gasteiger partial charge in [0.05, 0.1) is 6.10 Å². The Hall–Kier alpha value is -0.770. The molecular weight excluding hydrogens is 206 g/mol. The second-order valence-corrected chi connectivity index (χ2v) is 5.51. The molecule has 2 N–H and O–H groups in total. The van der Waals surface area contributed by atoms with E-state index in [-0.39, 0.29) is 18.2 Å². The smallest absolute Gasteiger partial charge is 0.407 e. The Bertz CT molecular complexity index is 235. The van der Waals surface area contributed by atoms with Gasteiger partial charge in [0.25, 0.3) is 0 Å². The maximum absolute atomic E-state index is 11.5.